The second-order valence-electron chi connectivity index (χ2n) is 5.53. The van der Waals surface area contributed by atoms with Gasteiger partial charge in [-0.25, -0.2) is 4.68 Å². The lowest BCUT2D eigenvalue weighted by Gasteiger charge is -2.18. The van der Waals surface area contributed by atoms with E-state index < -0.39 is 5.60 Å². The highest BCUT2D eigenvalue weighted by Gasteiger charge is 2.24. The zero-order chi connectivity index (χ0) is 12.6. The predicted octanol–water partition coefficient (Wildman–Crippen LogP) is 1.15. The molecule has 0 aromatic carbocycles. The van der Waals surface area contributed by atoms with Crippen LogP contribution in [0.2, 0.25) is 0 Å². The van der Waals surface area contributed by atoms with E-state index in [0.717, 1.165) is 5.82 Å². The molecule has 92 valence electrons. The van der Waals surface area contributed by atoms with Crippen LogP contribution in [0, 0.1) is 0 Å². The average molecular weight is 244 g/mol. The summed E-state index contributed by atoms with van der Waals surface area (Å²) in [7, 11) is 0. The second kappa shape index (κ2) is 4.25. The molecule has 0 radical (unpaired) electrons. The van der Waals surface area contributed by atoms with Crippen LogP contribution in [-0.4, -0.2) is 31.3 Å². The summed E-state index contributed by atoms with van der Waals surface area (Å²) in [6, 6.07) is 0. The minimum Gasteiger partial charge on any atom is -0.390 e. The molecule has 0 bridgehead atoms. The third-order valence-corrected chi connectivity index (χ3v) is 3.28. The van der Waals surface area contributed by atoms with E-state index in [0.29, 0.717) is 10.9 Å². The Morgan fingerprint density at radius 1 is 1.25 bits per heavy atom. The summed E-state index contributed by atoms with van der Waals surface area (Å²) < 4.78 is 1.50. The number of nitrogen functional groups attached to an aromatic ring is 1. The molecule has 0 aliphatic heterocycles. The lowest BCUT2D eigenvalue weighted by Crippen LogP contribution is -2.25. The van der Waals surface area contributed by atoms with E-state index in [-0.39, 0.29) is 5.41 Å². The molecule has 3 N–H and O–H groups in total. The fourth-order valence-corrected chi connectivity index (χ4v) is 1.93. The number of rotatable bonds is 3. The van der Waals surface area contributed by atoms with Crippen LogP contribution < -0.4 is 5.84 Å². The Balaban J connectivity index is 2.81. The number of nitrogens with zero attached hydrogens (tertiary/aromatic N) is 3. The maximum atomic E-state index is 9.62. The van der Waals surface area contributed by atoms with Crippen LogP contribution in [0.4, 0.5) is 0 Å². The van der Waals surface area contributed by atoms with Crippen molar-refractivity contribution in [1.29, 1.82) is 0 Å². The number of thioether (sulfide) groups is 1. The van der Waals surface area contributed by atoms with Gasteiger partial charge in [-0.05, 0) is 13.8 Å². The molecule has 1 rings (SSSR count). The predicted molar refractivity (Wildman–Crippen MR) is 65.9 cm³/mol. The SMILES string of the molecule is CC(C)(O)CSc1nnc(C(C)(C)C)n1N. The number of aliphatic hydroxyl groups is 1. The van der Waals surface area contributed by atoms with Gasteiger partial charge in [0.2, 0.25) is 5.16 Å². The average Bonchev–Trinajstić information content (AvgIpc) is 2.41. The van der Waals surface area contributed by atoms with Gasteiger partial charge in [-0.1, -0.05) is 32.5 Å². The molecule has 1 aromatic heterocycles. The lowest BCUT2D eigenvalue weighted by molar-refractivity contribution is 0.107. The van der Waals surface area contributed by atoms with Gasteiger partial charge < -0.3 is 10.9 Å². The highest BCUT2D eigenvalue weighted by molar-refractivity contribution is 7.99. The molecule has 0 spiro atoms. The molecule has 1 aromatic rings. The largest absolute Gasteiger partial charge is 0.390 e. The number of nitrogens with two attached hydrogens (primary N) is 1. The molecule has 16 heavy (non-hydrogen) atoms. The van der Waals surface area contributed by atoms with Crippen LogP contribution in [0.5, 0.6) is 0 Å². The van der Waals surface area contributed by atoms with Gasteiger partial charge in [0, 0.05) is 11.2 Å². The summed E-state index contributed by atoms with van der Waals surface area (Å²) in [4.78, 5) is 0. The normalized spacial score (nSPS) is 13.1. The van der Waals surface area contributed by atoms with Crippen LogP contribution in [0.15, 0.2) is 5.16 Å². The molecule has 0 unspecified atom stereocenters. The van der Waals surface area contributed by atoms with Crippen molar-refractivity contribution in [2.24, 2.45) is 0 Å². The fourth-order valence-electron chi connectivity index (χ4n) is 1.13. The molecule has 0 amide bonds. The Bertz CT molecular complexity index is 362. The Morgan fingerprint density at radius 3 is 2.19 bits per heavy atom. The fraction of sp³-hybridized carbons (Fsp3) is 0.800. The lowest BCUT2D eigenvalue weighted by atomic mass is 9.96. The molecule has 6 heteroatoms. The highest BCUT2D eigenvalue weighted by atomic mass is 32.2. The van der Waals surface area contributed by atoms with Gasteiger partial charge in [0.25, 0.3) is 0 Å². The second-order valence-corrected chi connectivity index (χ2v) is 6.47. The van der Waals surface area contributed by atoms with Crippen molar-refractivity contribution in [2.45, 2.75) is 50.8 Å². The third-order valence-electron chi connectivity index (χ3n) is 1.89. The van der Waals surface area contributed by atoms with Crippen LogP contribution in [0.25, 0.3) is 0 Å². The Morgan fingerprint density at radius 2 is 1.81 bits per heavy atom. The summed E-state index contributed by atoms with van der Waals surface area (Å²) in [6.45, 7) is 9.60. The Kier molecular flexibility index (Phi) is 3.54. The first-order valence-electron chi connectivity index (χ1n) is 5.17. The first-order chi connectivity index (χ1) is 7.11. The monoisotopic (exact) mass is 244 g/mol. The molecule has 0 fully saturated rings. The minimum absolute atomic E-state index is 0.130. The number of hydrogen-bond acceptors (Lipinski definition) is 5. The van der Waals surface area contributed by atoms with Gasteiger partial charge in [0.05, 0.1) is 5.60 Å². The molecule has 0 atom stereocenters. The van der Waals surface area contributed by atoms with Crippen molar-refractivity contribution in [3.05, 3.63) is 5.82 Å². The van der Waals surface area contributed by atoms with E-state index in [4.69, 9.17) is 5.84 Å². The first kappa shape index (κ1) is 13.3. The summed E-state index contributed by atoms with van der Waals surface area (Å²) in [6.07, 6.45) is 0. The van der Waals surface area contributed by atoms with Gasteiger partial charge >= 0.3 is 0 Å². The van der Waals surface area contributed by atoms with Gasteiger partial charge in [0.15, 0.2) is 5.82 Å². The van der Waals surface area contributed by atoms with Gasteiger partial charge in [-0.3, -0.25) is 0 Å². The molecule has 1 heterocycles. The molecular weight excluding hydrogens is 224 g/mol. The van der Waals surface area contributed by atoms with E-state index in [9.17, 15) is 5.11 Å². The van der Waals surface area contributed by atoms with Crippen molar-refractivity contribution in [2.75, 3.05) is 11.6 Å². The van der Waals surface area contributed by atoms with Gasteiger partial charge in [0.1, 0.15) is 0 Å². The molecule has 0 saturated carbocycles. The topological polar surface area (TPSA) is 77.0 Å². The summed E-state index contributed by atoms with van der Waals surface area (Å²) in [5.74, 6) is 7.18. The molecule has 0 saturated heterocycles. The molecule has 0 aliphatic carbocycles. The zero-order valence-corrected chi connectivity index (χ0v) is 11.3. The smallest absolute Gasteiger partial charge is 0.209 e. The van der Waals surface area contributed by atoms with Crippen molar-refractivity contribution in [3.63, 3.8) is 0 Å². The van der Waals surface area contributed by atoms with E-state index in [2.05, 4.69) is 10.2 Å². The van der Waals surface area contributed by atoms with E-state index in [1.165, 1.54) is 16.4 Å². The molecular formula is C10H20N4OS. The maximum Gasteiger partial charge on any atom is 0.209 e. The van der Waals surface area contributed by atoms with Crippen LogP contribution in [-0.2, 0) is 5.41 Å². The highest BCUT2D eigenvalue weighted by Crippen LogP contribution is 2.24. The van der Waals surface area contributed by atoms with Crippen LogP contribution in [0.1, 0.15) is 40.4 Å². The Hall–Kier alpha value is -0.750. The van der Waals surface area contributed by atoms with Gasteiger partial charge in [-0.15, -0.1) is 10.2 Å². The van der Waals surface area contributed by atoms with E-state index >= 15 is 0 Å². The van der Waals surface area contributed by atoms with Crippen molar-refractivity contribution in [1.82, 2.24) is 14.9 Å². The van der Waals surface area contributed by atoms with Crippen molar-refractivity contribution >= 4 is 11.8 Å². The zero-order valence-electron chi connectivity index (χ0n) is 10.5. The van der Waals surface area contributed by atoms with Crippen molar-refractivity contribution < 1.29 is 5.11 Å². The maximum absolute atomic E-state index is 9.62. The van der Waals surface area contributed by atoms with E-state index in [1.54, 1.807) is 13.8 Å². The third kappa shape index (κ3) is 3.38. The standard InChI is InChI=1S/C10H20N4OS/c1-9(2,3)7-12-13-8(14(7)11)16-6-10(4,5)15/h15H,6,11H2,1-5H3. The number of hydrogen-bond donors (Lipinski definition) is 2. The number of aromatic nitrogens is 3. The first-order valence-corrected chi connectivity index (χ1v) is 6.16. The molecule has 5 nitrogen and oxygen atoms in total. The van der Waals surface area contributed by atoms with Crippen molar-refractivity contribution in [3.8, 4) is 0 Å². The van der Waals surface area contributed by atoms with Crippen LogP contribution in [0.3, 0.4) is 0 Å². The minimum atomic E-state index is -0.738. The Labute approximate surface area is 100 Å². The molecule has 0 aliphatic rings. The summed E-state index contributed by atoms with van der Waals surface area (Å²) >= 11 is 1.41. The van der Waals surface area contributed by atoms with Crippen LogP contribution >= 0.6 is 11.8 Å². The summed E-state index contributed by atoms with van der Waals surface area (Å²) in [5.41, 5.74) is -0.867. The quantitative estimate of drug-likeness (QED) is 0.616. The van der Waals surface area contributed by atoms with Gasteiger partial charge in [-0.2, -0.15) is 0 Å². The van der Waals surface area contributed by atoms with E-state index in [1.807, 2.05) is 20.8 Å². The summed E-state index contributed by atoms with van der Waals surface area (Å²) in [5, 5.41) is 18.3.